The van der Waals surface area contributed by atoms with Crippen molar-refractivity contribution in [3.05, 3.63) is 36.2 Å². The molecule has 0 aliphatic carbocycles. The van der Waals surface area contributed by atoms with Gasteiger partial charge in [0.05, 0.1) is 6.61 Å². The molecule has 1 aromatic carbocycles. The highest BCUT2D eigenvalue weighted by Gasteiger charge is 2.04. The fourth-order valence-electron chi connectivity index (χ4n) is 1.87. The van der Waals surface area contributed by atoms with Crippen molar-refractivity contribution in [2.45, 2.75) is 20.8 Å². The molecule has 0 radical (unpaired) electrons. The van der Waals surface area contributed by atoms with Gasteiger partial charge in [-0.25, -0.2) is 9.97 Å². The van der Waals surface area contributed by atoms with Crippen LogP contribution >= 0.6 is 0 Å². The van der Waals surface area contributed by atoms with Crippen molar-refractivity contribution >= 4 is 5.95 Å². The summed E-state index contributed by atoms with van der Waals surface area (Å²) in [6.45, 7) is 7.55. The molecule has 2 rings (SSSR count). The summed E-state index contributed by atoms with van der Waals surface area (Å²) in [6, 6.07) is 6.12. The van der Waals surface area contributed by atoms with E-state index in [1.807, 2.05) is 45.3 Å². The van der Waals surface area contributed by atoms with Gasteiger partial charge in [-0.1, -0.05) is 6.07 Å². The third-order valence-corrected chi connectivity index (χ3v) is 2.79. The zero-order valence-electron chi connectivity index (χ0n) is 11.6. The molecule has 100 valence electrons. The third-order valence-electron chi connectivity index (χ3n) is 2.79. The molecule has 0 aliphatic heterocycles. The van der Waals surface area contributed by atoms with Gasteiger partial charge in [-0.3, -0.25) is 0 Å². The number of anilines is 1. The van der Waals surface area contributed by atoms with Crippen LogP contribution in [0.25, 0.3) is 11.1 Å². The van der Waals surface area contributed by atoms with Crippen LogP contribution in [0.2, 0.25) is 0 Å². The molecule has 1 N–H and O–H groups in total. The van der Waals surface area contributed by atoms with E-state index in [-0.39, 0.29) is 0 Å². The van der Waals surface area contributed by atoms with Crippen molar-refractivity contribution in [1.29, 1.82) is 0 Å². The number of benzene rings is 1. The number of ether oxygens (including phenoxy) is 1. The van der Waals surface area contributed by atoms with Crippen LogP contribution in [-0.4, -0.2) is 23.1 Å². The minimum atomic E-state index is 0.661. The Morgan fingerprint density at radius 1 is 1.11 bits per heavy atom. The highest BCUT2D eigenvalue weighted by molar-refractivity contribution is 5.64. The molecule has 1 aromatic heterocycles. The summed E-state index contributed by atoms with van der Waals surface area (Å²) < 4.78 is 5.54. The number of aromatic nitrogens is 2. The van der Waals surface area contributed by atoms with Gasteiger partial charge in [0.1, 0.15) is 5.75 Å². The van der Waals surface area contributed by atoms with E-state index in [0.717, 1.165) is 29.0 Å². The van der Waals surface area contributed by atoms with Crippen molar-refractivity contribution in [1.82, 2.24) is 9.97 Å². The average molecular weight is 257 g/mol. The Bertz CT molecular complexity index is 538. The maximum absolute atomic E-state index is 5.54. The second-order valence-corrected chi connectivity index (χ2v) is 4.24. The largest absolute Gasteiger partial charge is 0.494 e. The van der Waals surface area contributed by atoms with Crippen molar-refractivity contribution in [2.75, 3.05) is 18.5 Å². The van der Waals surface area contributed by atoms with Gasteiger partial charge in [0.25, 0.3) is 0 Å². The van der Waals surface area contributed by atoms with Crippen molar-refractivity contribution in [2.24, 2.45) is 0 Å². The molecular formula is C15H19N3O. The van der Waals surface area contributed by atoms with E-state index in [0.29, 0.717) is 12.6 Å². The molecule has 0 aliphatic rings. The molecule has 0 unspecified atom stereocenters. The molecule has 2 aromatic rings. The average Bonchev–Trinajstić information content (AvgIpc) is 2.43. The number of nitrogens with zero attached hydrogens (tertiary/aromatic N) is 2. The van der Waals surface area contributed by atoms with E-state index in [2.05, 4.69) is 21.4 Å². The van der Waals surface area contributed by atoms with E-state index in [9.17, 15) is 0 Å². The molecule has 0 saturated heterocycles. The first-order valence-corrected chi connectivity index (χ1v) is 6.54. The first kappa shape index (κ1) is 13.3. The standard InChI is InChI=1S/C15H19N3O/c1-4-16-15-17-9-13(10-18-15)12-6-7-14(19-5-2)11(3)8-12/h6-10H,4-5H2,1-3H3,(H,16,17,18). The lowest BCUT2D eigenvalue weighted by molar-refractivity contribution is 0.338. The zero-order chi connectivity index (χ0) is 13.7. The van der Waals surface area contributed by atoms with Crippen LogP contribution < -0.4 is 10.1 Å². The number of aryl methyl sites for hydroxylation is 1. The van der Waals surface area contributed by atoms with Gasteiger partial charge in [0.15, 0.2) is 0 Å². The Kier molecular flexibility index (Phi) is 4.34. The topological polar surface area (TPSA) is 47.0 Å². The van der Waals surface area contributed by atoms with Crippen molar-refractivity contribution in [3.8, 4) is 16.9 Å². The SMILES string of the molecule is CCNc1ncc(-c2ccc(OCC)c(C)c2)cn1. The Morgan fingerprint density at radius 2 is 1.84 bits per heavy atom. The highest BCUT2D eigenvalue weighted by atomic mass is 16.5. The Balaban J connectivity index is 2.24. The van der Waals surface area contributed by atoms with E-state index in [4.69, 9.17) is 4.74 Å². The molecule has 4 heteroatoms. The lowest BCUT2D eigenvalue weighted by atomic mass is 10.1. The summed E-state index contributed by atoms with van der Waals surface area (Å²) in [5, 5.41) is 3.08. The number of hydrogen-bond acceptors (Lipinski definition) is 4. The Morgan fingerprint density at radius 3 is 2.42 bits per heavy atom. The summed E-state index contributed by atoms with van der Waals surface area (Å²) in [5.74, 6) is 1.59. The van der Waals surface area contributed by atoms with Crippen LogP contribution in [0.15, 0.2) is 30.6 Å². The second kappa shape index (κ2) is 6.18. The third kappa shape index (κ3) is 3.22. The van der Waals surface area contributed by atoms with Crippen LogP contribution in [0.5, 0.6) is 5.75 Å². The van der Waals surface area contributed by atoms with Crippen LogP contribution in [-0.2, 0) is 0 Å². The van der Waals surface area contributed by atoms with E-state index in [1.165, 1.54) is 0 Å². The quantitative estimate of drug-likeness (QED) is 0.893. The first-order chi connectivity index (χ1) is 9.24. The minimum absolute atomic E-state index is 0.661. The minimum Gasteiger partial charge on any atom is -0.494 e. The van der Waals surface area contributed by atoms with Crippen LogP contribution in [0, 0.1) is 6.92 Å². The predicted octanol–water partition coefficient (Wildman–Crippen LogP) is 3.28. The van der Waals surface area contributed by atoms with Gasteiger partial charge in [-0.15, -0.1) is 0 Å². The van der Waals surface area contributed by atoms with Gasteiger partial charge in [-0.2, -0.15) is 0 Å². The molecular weight excluding hydrogens is 238 g/mol. The maximum atomic E-state index is 5.54. The Hall–Kier alpha value is -2.10. The molecule has 19 heavy (non-hydrogen) atoms. The molecule has 1 heterocycles. The Labute approximate surface area is 113 Å². The smallest absolute Gasteiger partial charge is 0.222 e. The summed E-state index contributed by atoms with van der Waals surface area (Å²) in [4.78, 5) is 8.56. The molecule has 0 amide bonds. The summed E-state index contributed by atoms with van der Waals surface area (Å²) in [7, 11) is 0. The van der Waals surface area contributed by atoms with Gasteiger partial charge in [0.2, 0.25) is 5.95 Å². The summed E-state index contributed by atoms with van der Waals surface area (Å²) >= 11 is 0. The van der Waals surface area contributed by atoms with Gasteiger partial charge in [0, 0.05) is 24.5 Å². The molecule has 0 saturated carbocycles. The van der Waals surface area contributed by atoms with E-state index < -0.39 is 0 Å². The predicted molar refractivity (Wildman–Crippen MR) is 77.5 cm³/mol. The number of rotatable bonds is 5. The second-order valence-electron chi connectivity index (χ2n) is 4.24. The van der Waals surface area contributed by atoms with Crippen LogP contribution in [0.3, 0.4) is 0 Å². The lowest BCUT2D eigenvalue weighted by Crippen LogP contribution is -2.01. The monoisotopic (exact) mass is 257 g/mol. The van der Waals surface area contributed by atoms with Crippen LogP contribution in [0.1, 0.15) is 19.4 Å². The van der Waals surface area contributed by atoms with E-state index >= 15 is 0 Å². The number of hydrogen-bond donors (Lipinski definition) is 1. The molecule has 0 atom stereocenters. The van der Waals surface area contributed by atoms with Crippen molar-refractivity contribution < 1.29 is 4.74 Å². The molecule has 0 bridgehead atoms. The lowest BCUT2D eigenvalue weighted by Gasteiger charge is -2.09. The van der Waals surface area contributed by atoms with Gasteiger partial charge < -0.3 is 10.1 Å². The summed E-state index contributed by atoms with van der Waals surface area (Å²) in [5.41, 5.74) is 3.23. The summed E-state index contributed by atoms with van der Waals surface area (Å²) in [6.07, 6.45) is 3.67. The molecule has 0 fully saturated rings. The fraction of sp³-hybridized carbons (Fsp3) is 0.333. The normalized spacial score (nSPS) is 10.3. The zero-order valence-corrected chi connectivity index (χ0v) is 11.6. The first-order valence-electron chi connectivity index (χ1n) is 6.54. The van der Waals surface area contributed by atoms with Gasteiger partial charge >= 0.3 is 0 Å². The molecule has 0 spiro atoms. The maximum Gasteiger partial charge on any atom is 0.222 e. The van der Waals surface area contributed by atoms with Crippen LogP contribution in [0.4, 0.5) is 5.95 Å². The number of nitrogens with one attached hydrogen (secondary N) is 1. The highest BCUT2D eigenvalue weighted by Crippen LogP contribution is 2.25. The van der Waals surface area contributed by atoms with Crippen molar-refractivity contribution in [3.63, 3.8) is 0 Å². The fourth-order valence-corrected chi connectivity index (χ4v) is 1.87. The molecule has 4 nitrogen and oxygen atoms in total. The van der Waals surface area contributed by atoms with E-state index in [1.54, 1.807) is 0 Å². The van der Waals surface area contributed by atoms with Gasteiger partial charge in [-0.05, 0) is 44.0 Å².